The van der Waals surface area contributed by atoms with E-state index in [1.54, 1.807) is 32.0 Å². The number of carbonyl (C=O) groups is 8. The van der Waals surface area contributed by atoms with Gasteiger partial charge in [0.1, 0.15) is 18.0 Å². The Morgan fingerprint density at radius 2 is 1.43 bits per heavy atom. The van der Waals surface area contributed by atoms with E-state index >= 15 is 4.79 Å². The summed E-state index contributed by atoms with van der Waals surface area (Å²) >= 11 is 0. The first-order chi connectivity index (χ1) is 33.0. The van der Waals surface area contributed by atoms with Gasteiger partial charge in [-0.15, -0.1) is 0 Å². The maximum atomic E-state index is 16.1. The quantitative estimate of drug-likeness (QED) is 0.0420. The molecule has 20 heteroatoms. The van der Waals surface area contributed by atoms with Crippen molar-refractivity contribution in [3.8, 4) is 5.75 Å². The smallest absolute Gasteiger partial charge is 0.458 e. The molecule has 0 unspecified atom stereocenters. The van der Waals surface area contributed by atoms with Crippen LogP contribution in [0.15, 0.2) is 96.1 Å². The number of fused-ring (bicyclic) bond motifs is 4. The van der Waals surface area contributed by atoms with Crippen LogP contribution in [0.2, 0.25) is 0 Å². The molecule has 2 bridgehead atoms. The summed E-state index contributed by atoms with van der Waals surface area (Å²) in [5, 5.41) is 11.0. The third kappa shape index (κ3) is 8.04. The van der Waals surface area contributed by atoms with Gasteiger partial charge in [0.15, 0.2) is 35.8 Å². The van der Waals surface area contributed by atoms with E-state index in [0.29, 0.717) is 5.56 Å². The van der Waals surface area contributed by atoms with Gasteiger partial charge in [-0.25, -0.2) is 19.2 Å². The number of rotatable bonds is 11. The lowest BCUT2D eigenvalue weighted by molar-refractivity contribution is -0.384. The molecule has 8 rings (SSSR count). The summed E-state index contributed by atoms with van der Waals surface area (Å²) in [5.74, 6) is -7.81. The van der Waals surface area contributed by atoms with Crippen LogP contribution in [0.5, 0.6) is 5.75 Å². The second kappa shape index (κ2) is 18.0. The highest BCUT2D eigenvalue weighted by atomic mass is 16.8. The molecule has 2 saturated heterocycles. The molecule has 2 heterocycles. The van der Waals surface area contributed by atoms with E-state index in [0.717, 1.165) is 26.8 Å². The van der Waals surface area contributed by atoms with Crippen LogP contribution in [0.3, 0.4) is 0 Å². The third-order valence-electron chi connectivity index (χ3n) is 14.0. The van der Waals surface area contributed by atoms with Gasteiger partial charge in [-0.1, -0.05) is 44.2 Å². The Hall–Kier alpha value is -7.74. The fourth-order valence-corrected chi connectivity index (χ4v) is 11.0. The van der Waals surface area contributed by atoms with Gasteiger partial charge in [0.25, 0.3) is 5.69 Å². The lowest BCUT2D eigenvalue weighted by atomic mass is 9.44. The molecule has 2 saturated carbocycles. The molecular formula is C50H47NO19. The fraction of sp³-hybridized carbons (Fsp3) is 0.400. The van der Waals surface area contributed by atoms with Crippen molar-refractivity contribution >= 4 is 59.5 Å². The molecule has 1 spiro atoms. The average Bonchev–Trinajstić information content (AvgIpc) is 3.67. The highest BCUT2D eigenvalue weighted by molar-refractivity contribution is 5.97. The van der Waals surface area contributed by atoms with Crippen molar-refractivity contribution in [1.29, 1.82) is 0 Å². The predicted molar refractivity (Wildman–Crippen MR) is 236 cm³/mol. The number of nitro groups is 1. The van der Waals surface area contributed by atoms with Gasteiger partial charge in [0.2, 0.25) is 5.60 Å². The van der Waals surface area contributed by atoms with E-state index < -0.39 is 124 Å². The number of Topliss-reactive ketones (excluding diaryl/α,β-unsaturated/α-hetero) is 1. The van der Waals surface area contributed by atoms with Crippen LogP contribution in [-0.2, 0) is 61.9 Å². The molecule has 3 aromatic carbocycles. The van der Waals surface area contributed by atoms with E-state index in [4.69, 9.17) is 42.6 Å². The number of ketones is 1. The van der Waals surface area contributed by atoms with Crippen LogP contribution in [0.4, 0.5) is 10.5 Å². The van der Waals surface area contributed by atoms with Crippen molar-refractivity contribution in [2.75, 3.05) is 6.61 Å². The number of nitro benzene ring substituents is 1. The fourth-order valence-electron chi connectivity index (χ4n) is 11.0. The number of benzene rings is 3. The molecule has 70 heavy (non-hydrogen) atoms. The van der Waals surface area contributed by atoms with Gasteiger partial charge in [-0.3, -0.25) is 29.3 Å². The first-order valence-corrected chi connectivity index (χ1v) is 22.1. The van der Waals surface area contributed by atoms with Gasteiger partial charge >= 0.3 is 42.0 Å². The van der Waals surface area contributed by atoms with Crippen molar-refractivity contribution < 1.29 is 85.9 Å². The highest BCUT2D eigenvalue weighted by Crippen LogP contribution is 2.67. The summed E-state index contributed by atoms with van der Waals surface area (Å²) < 4.78 is 54.5. The molecule has 2 aliphatic heterocycles. The minimum absolute atomic E-state index is 0.00861. The zero-order valence-electron chi connectivity index (χ0n) is 38.8. The van der Waals surface area contributed by atoms with E-state index in [1.807, 2.05) is 0 Å². The van der Waals surface area contributed by atoms with Gasteiger partial charge in [-0.05, 0) is 73.0 Å². The summed E-state index contributed by atoms with van der Waals surface area (Å²) in [7, 11) is 0. The summed E-state index contributed by atoms with van der Waals surface area (Å²) in [6.07, 6.45) is -8.75. The van der Waals surface area contributed by atoms with Crippen molar-refractivity contribution in [3.63, 3.8) is 0 Å². The Balaban J connectivity index is 1.24. The second-order valence-electron chi connectivity index (χ2n) is 18.3. The van der Waals surface area contributed by atoms with Crippen LogP contribution in [0.25, 0.3) is 6.08 Å². The normalized spacial score (nSPS) is 30.2. The molecule has 0 amide bonds. The molecule has 0 aromatic heterocycles. The first kappa shape index (κ1) is 48.7. The summed E-state index contributed by atoms with van der Waals surface area (Å²) in [6, 6.07) is 18.5. The van der Waals surface area contributed by atoms with Crippen molar-refractivity contribution in [1.82, 2.24) is 0 Å². The van der Waals surface area contributed by atoms with E-state index in [1.165, 1.54) is 80.6 Å². The molecule has 0 N–H and O–H groups in total. The Morgan fingerprint density at radius 3 is 2.01 bits per heavy atom. The summed E-state index contributed by atoms with van der Waals surface area (Å²) in [4.78, 5) is 121. The Labute approximate surface area is 399 Å². The number of hydrogen-bond donors (Lipinski definition) is 0. The van der Waals surface area contributed by atoms with Crippen LogP contribution in [-0.4, -0.2) is 107 Å². The zero-order valence-corrected chi connectivity index (χ0v) is 38.8. The molecule has 366 valence electrons. The van der Waals surface area contributed by atoms with Crippen LogP contribution >= 0.6 is 0 Å². The minimum Gasteiger partial charge on any atom is -0.458 e. The number of ether oxygens (including phenoxy) is 9. The lowest BCUT2D eigenvalue weighted by Crippen LogP contribution is -2.83. The number of hydrogen-bond acceptors (Lipinski definition) is 19. The van der Waals surface area contributed by atoms with E-state index in [-0.39, 0.29) is 40.1 Å². The number of esters is 6. The molecule has 0 radical (unpaired) electrons. The number of non-ortho nitro benzene ring substituents is 1. The predicted octanol–water partition coefficient (Wildman–Crippen LogP) is 5.77. The summed E-state index contributed by atoms with van der Waals surface area (Å²) in [5.41, 5.74) is -7.64. The highest BCUT2D eigenvalue weighted by Gasteiger charge is 2.83. The maximum absolute atomic E-state index is 16.1. The Bertz CT molecular complexity index is 2760. The third-order valence-corrected chi connectivity index (χ3v) is 14.0. The van der Waals surface area contributed by atoms with E-state index in [2.05, 4.69) is 0 Å². The monoisotopic (exact) mass is 965 g/mol. The average molecular weight is 966 g/mol. The molecule has 20 nitrogen and oxygen atoms in total. The van der Waals surface area contributed by atoms with Crippen molar-refractivity contribution in [2.45, 2.75) is 103 Å². The second-order valence-corrected chi connectivity index (χ2v) is 18.3. The van der Waals surface area contributed by atoms with Gasteiger partial charge in [-0.2, -0.15) is 0 Å². The van der Waals surface area contributed by atoms with Gasteiger partial charge in [0, 0.05) is 50.8 Å². The van der Waals surface area contributed by atoms with Gasteiger partial charge < -0.3 is 42.6 Å². The summed E-state index contributed by atoms with van der Waals surface area (Å²) in [6.45, 7) is 8.93. The van der Waals surface area contributed by atoms with E-state index in [9.17, 15) is 43.7 Å². The molecule has 5 aliphatic rings. The SMILES string of the molecule is CC(=O)O[C@H]1C(=O)[C@]2(C)[C@@H](OC(=O)/C=C/c3ccc(OC(=O)c4ccc([N+](=O)[O-])cc4)cc3)C[C@H]3OC[C@@]3(OC(C)=O)[C@H]2[C@H](OC(=O)c2ccccc2)[C@]23OC(=O)O[C@H]2[C@H](OC(C)=O)C(C)=C1C3(C)C. The van der Waals surface area contributed by atoms with Crippen LogP contribution < -0.4 is 4.74 Å². The van der Waals surface area contributed by atoms with Crippen molar-refractivity contribution in [3.05, 3.63) is 123 Å². The van der Waals surface area contributed by atoms with Crippen LogP contribution in [0, 0.1) is 26.9 Å². The molecule has 3 aliphatic carbocycles. The largest absolute Gasteiger partial charge is 0.509 e. The molecule has 10 atom stereocenters. The minimum atomic E-state index is -2.30. The maximum Gasteiger partial charge on any atom is 0.509 e. The first-order valence-electron chi connectivity index (χ1n) is 22.1. The van der Waals surface area contributed by atoms with Crippen LogP contribution in [0.1, 0.15) is 81.2 Å². The molecule has 4 fully saturated rings. The van der Waals surface area contributed by atoms with Gasteiger partial charge in [0.05, 0.1) is 34.0 Å². The Morgan fingerprint density at radius 1 is 0.786 bits per heavy atom. The standard InChI is InChI=1S/C50H47NO19/c1-25-37-39(64-27(3)53)41(56)48(7)34(66-36(55)22-15-29-13-20-33(21-14-29)65-44(57)31-16-18-32(19-17-31)51(60)61)23-35-49(24-62-35,69-28(4)54)40(48)43(67-45(58)30-11-9-8-10-12-30)50(47(37,5)6)42(68-46(59)70-50)38(25)63-26(2)52/h8-22,34-35,38-40,42-43H,23-24H2,1-7H3/b22-15+/t34-,35+,38+,39+,40-,42-,43-,48+,49-,50+/m0/s1. The Kier molecular flexibility index (Phi) is 12.5. The zero-order chi connectivity index (χ0) is 50.7. The lowest BCUT2D eigenvalue weighted by Gasteiger charge is -2.67. The van der Waals surface area contributed by atoms with Crippen molar-refractivity contribution in [2.24, 2.45) is 16.7 Å². The topological polar surface area (TPSA) is 263 Å². The number of nitrogens with zero attached hydrogens (tertiary/aromatic N) is 1. The molecular weight excluding hydrogens is 919 g/mol. The number of carbonyl (C=O) groups excluding carboxylic acids is 8. The molecule has 3 aromatic rings.